The number of carbonyl (C=O) groups excluding carboxylic acids is 2. The monoisotopic (exact) mass is 405 g/mol. The van der Waals surface area contributed by atoms with Crippen molar-refractivity contribution in [1.29, 1.82) is 0 Å². The summed E-state index contributed by atoms with van der Waals surface area (Å²) in [5.74, 6) is -0.734. The Morgan fingerprint density at radius 2 is 2.14 bits per heavy atom. The van der Waals surface area contributed by atoms with Gasteiger partial charge in [0, 0.05) is 31.9 Å². The first-order valence-corrected chi connectivity index (χ1v) is 9.88. The number of anilines is 1. The molecule has 0 aromatic carbocycles. The van der Waals surface area contributed by atoms with Crippen molar-refractivity contribution >= 4 is 23.7 Å². The zero-order valence-electron chi connectivity index (χ0n) is 16.3. The molecule has 1 aromatic rings. The van der Waals surface area contributed by atoms with Gasteiger partial charge in [-0.15, -0.1) is 0 Å². The SMILES string of the molecule is O=C(O)CN1CCN(C(=O)NCCCc2ccc3c(n2)NCCC3)C(CO)C1=O. The number of carboxylic acid groups (broad SMARTS) is 1. The number of aliphatic hydroxyl groups is 1. The van der Waals surface area contributed by atoms with Crippen molar-refractivity contribution in [3.8, 4) is 0 Å². The lowest BCUT2D eigenvalue weighted by Gasteiger charge is -2.39. The predicted molar refractivity (Wildman–Crippen MR) is 105 cm³/mol. The number of rotatable bonds is 7. The molecule has 29 heavy (non-hydrogen) atoms. The Morgan fingerprint density at radius 1 is 1.31 bits per heavy atom. The number of hydrogen-bond donors (Lipinski definition) is 4. The topological polar surface area (TPSA) is 135 Å². The number of aryl methyl sites for hydroxylation is 2. The van der Waals surface area contributed by atoms with E-state index in [0.29, 0.717) is 19.4 Å². The Labute approximate surface area is 168 Å². The summed E-state index contributed by atoms with van der Waals surface area (Å²) in [6, 6.07) is 2.61. The van der Waals surface area contributed by atoms with E-state index >= 15 is 0 Å². The third-order valence-electron chi connectivity index (χ3n) is 5.18. The summed E-state index contributed by atoms with van der Waals surface area (Å²) in [7, 11) is 0. The van der Waals surface area contributed by atoms with Gasteiger partial charge in [0.1, 0.15) is 18.4 Å². The second-order valence-corrected chi connectivity index (χ2v) is 7.22. The molecule has 1 fully saturated rings. The summed E-state index contributed by atoms with van der Waals surface area (Å²) in [5, 5.41) is 24.5. The number of nitrogens with zero attached hydrogens (tertiary/aromatic N) is 3. The van der Waals surface area contributed by atoms with Crippen molar-refractivity contribution < 1.29 is 24.6 Å². The Hall–Kier alpha value is -2.88. The van der Waals surface area contributed by atoms with Crippen molar-refractivity contribution in [2.24, 2.45) is 0 Å². The Morgan fingerprint density at radius 3 is 2.90 bits per heavy atom. The molecule has 3 rings (SSSR count). The Bertz CT molecular complexity index is 771. The minimum Gasteiger partial charge on any atom is -0.480 e. The van der Waals surface area contributed by atoms with Gasteiger partial charge in [-0.05, 0) is 37.3 Å². The highest BCUT2D eigenvalue weighted by Gasteiger charge is 2.37. The highest BCUT2D eigenvalue weighted by molar-refractivity contribution is 5.90. The summed E-state index contributed by atoms with van der Waals surface area (Å²) < 4.78 is 0. The highest BCUT2D eigenvalue weighted by atomic mass is 16.4. The molecule has 0 radical (unpaired) electrons. The maximum atomic E-state index is 12.4. The van der Waals surface area contributed by atoms with Crippen LogP contribution in [0.2, 0.25) is 0 Å². The molecule has 0 bridgehead atoms. The zero-order chi connectivity index (χ0) is 20.8. The molecule has 0 spiro atoms. The fraction of sp³-hybridized carbons (Fsp3) is 0.579. The minimum absolute atomic E-state index is 0.126. The lowest BCUT2D eigenvalue weighted by atomic mass is 10.1. The number of fused-ring (bicyclic) bond motifs is 1. The first kappa shape index (κ1) is 20.8. The largest absolute Gasteiger partial charge is 0.480 e. The molecular formula is C19H27N5O5. The number of amides is 3. The number of piperazine rings is 1. The van der Waals surface area contributed by atoms with Gasteiger partial charge in [0.2, 0.25) is 5.91 Å². The third kappa shape index (κ3) is 5.14. The maximum Gasteiger partial charge on any atom is 0.323 e. The number of carbonyl (C=O) groups is 3. The molecule has 1 aromatic heterocycles. The van der Waals surface area contributed by atoms with Gasteiger partial charge in [-0.25, -0.2) is 9.78 Å². The number of urea groups is 1. The van der Waals surface area contributed by atoms with Crippen LogP contribution < -0.4 is 10.6 Å². The normalized spacial score (nSPS) is 18.8. The second kappa shape index (κ2) is 9.55. The number of aromatic nitrogens is 1. The molecule has 3 amide bonds. The van der Waals surface area contributed by atoms with Crippen molar-refractivity contribution in [2.45, 2.75) is 31.7 Å². The van der Waals surface area contributed by atoms with Crippen molar-refractivity contribution in [3.63, 3.8) is 0 Å². The van der Waals surface area contributed by atoms with Gasteiger partial charge >= 0.3 is 12.0 Å². The average molecular weight is 405 g/mol. The molecule has 1 unspecified atom stereocenters. The van der Waals surface area contributed by atoms with E-state index in [-0.39, 0.29) is 13.1 Å². The Kier molecular flexibility index (Phi) is 6.86. The summed E-state index contributed by atoms with van der Waals surface area (Å²) >= 11 is 0. The quantitative estimate of drug-likeness (QED) is 0.456. The van der Waals surface area contributed by atoms with E-state index in [2.05, 4.69) is 21.7 Å². The van der Waals surface area contributed by atoms with Crippen LogP contribution in [0.4, 0.5) is 10.6 Å². The fourth-order valence-corrected chi connectivity index (χ4v) is 3.65. The number of pyridine rings is 1. The van der Waals surface area contributed by atoms with E-state index in [0.717, 1.165) is 35.8 Å². The van der Waals surface area contributed by atoms with E-state index in [1.54, 1.807) is 0 Å². The van der Waals surface area contributed by atoms with Crippen LogP contribution in [0.15, 0.2) is 12.1 Å². The smallest absolute Gasteiger partial charge is 0.323 e. The van der Waals surface area contributed by atoms with Crippen molar-refractivity contribution in [1.82, 2.24) is 20.1 Å². The predicted octanol–water partition coefficient (Wildman–Crippen LogP) is -0.328. The zero-order valence-corrected chi connectivity index (χ0v) is 16.3. The molecule has 3 heterocycles. The van der Waals surface area contributed by atoms with Crippen LogP contribution in [-0.4, -0.2) is 88.3 Å². The van der Waals surface area contributed by atoms with E-state index in [1.807, 2.05) is 6.07 Å². The number of nitrogens with one attached hydrogen (secondary N) is 2. The molecule has 0 aliphatic carbocycles. The van der Waals surface area contributed by atoms with Gasteiger partial charge < -0.3 is 30.6 Å². The van der Waals surface area contributed by atoms with Gasteiger partial charge in [-0.2, -0.15) is 0 Å². The van der Waals surface area contributed by atoms with Crippen LogP contribution in [0.25, 0.3) is 0 Å². The molecule has 2 aliphatic rings. The number of aliphatic hydroxyl groups excluding tert-OH is 1. The first-order chi connectivity index (χ1) is 14.0. The fourth-order valence-electron chi connectivity index (χ4n) is 3.65. The number of aliphatic carboxylic acids is 1. The number of hydrogen-bond acceptors (Lipinski definition) is 6. The molecule has 10 heteroatoms. The van der Waals surface area contributed by atoms with Crippen LogP contribution in [0.3, 0.4) is 0 Å². The van der Waals surface area contributed by atoms with Crippen molar-refractivity contribution in [3.05, 3.63) is 23.4 Å². The van der Waals surface area contributed by atoms with Crippen LogP contribution in [-0.2, 0) is 22.4 Å². The minimum atomic E-state index is -1.13. The van der Waals surface area contributed by atoms with Crippen LogP contribution >= 0.6 is 0 Å². The van der Waals surface area contributed by atoms with Gasteiger partial charge in [-0.1, -0.05) is 6.07 Å². The van der Waals surface area contributed by atoms with Gasteiger partial charge in [0.15, 0.2) is 0 Å². The van der Waals surface area contributed by atoms with E-state index < -0.39 is 37.1 Å². The molecule has 2 aliphatic heterocycles. The second-order valence-electron chi connectivity index (χ2n) is 7.22. The van der Waals surface area contributed by atoms with Crippen LogP contribution in [0.1, 0.15) is 24.1 Å². The Balaban J connectivity index is 1.46. The average Bonchev–Trinajstić information content (AvgIpc) is 2.72. The third-order valence-corrected chi connectivity index (χ3v) is 5.18. The van der Waals surface area contributed by atoms with Gasteiger partial charge in [-0.3, -0.25) is 9.59 Å². The molecule has 1 saturated heterocycles. The maximum absolute atomic E-state index is 12.4. The standard InChI is InChI=1S/C19H27N5O5/c25-12-15-18(28)23(11-16(26)27)9-10-24(15)19(29)21-8-2-4-14-6-5-13-3-1-7-20-17(13)22-14/h5-6,15,25H,1-4,7-12H2,(H,20,22)(H,21,29)(H,26,27). The molecule has 4 N–H and O–H groups in total. The van der Waals surface area contributed by atoms with Gasteiger partial charge in [0.25, 0.3) is 0 Å². The molecule has 1 atom stereocenters. The highest BCUT2D eigenvalue weighted by Crippen LogP contribution is 2.20. The summed E-state index contributed by atoms with van der Waals surface area (Å²) in [4.78, 5) is 42.6. The summed E-state index contributed by atoms with van der Waals surface area (Å²) in [6.07, 6.45) is 3.55. The van der Waals surface area contributed by atoms with E-state index in [1.165, 1.54) is 10.5 Å². The molecule has 158 valence electrons. The van der Waals surface area contributed by atoms with Crippen LogP contribution in [0.5, 0.6) is 0 Å². The lowest BCUT2D eigenvalue weighted by molar-refractivity contribution is -0.150. The first-order valence-electron chi connectivity index (χ1n) is 9.88. The summed E-state index contributed by atoms with van der Waals surface area (Å²) in [6.45, 7) is 0.660. The van der Waals surface area contributed by atoms with E-state index in [9.17, 15) is 19.5 Å². The summed E-state index contributed by atoms with van der Waals surface area (Å²) in [5.41, 5.74) is 2.19. The van der Waals surface area contributed by atoms with Gasteiger partial charge in [0.05, 0.1) is 6.61 Å². The molecule has 10 nitrogen and oxygen atoms in total. The molecular weight excluding hydrogens is 378 g/mol. The lowest BCUT2D eigenvalue weighted by Crippen LogP contribution is -2.62. The van der Waals surface area contributed by atoms with E-state index in [4.69, 9.17) is 5.11 Å². The van der Waals surface area contributed by atoms with Crippen LogP contribution in [0, 0.1) is 0 Å². The van der Waals surface area contributed by atoms with Crippen molar-refractivity contribution in [2.75, 3.05) is 44.6 Å². The number of carboxylic acids is 1. The molecule has 0 saturated carbocycles.